The van der Waals surface area contributed by atoms with Crippen LogP contribution >= 0.6 is 0 Å². The predicted molar refractivity (Wildman–Crippen MR) is 39.9 cm³/mol. The Morgan fingerprint density at radius 1 is 1.55 bits per heavy atom. The molecule has 1 aliphatic heterocycles. The van der Waals surface area contributed by atoms with Crippen molar-refractivity contribution in [1.29, 1.82) is 0 Å². The average molecular weight is 158 g/mol. The number of hydrogen-bond acceptors (Lipinski definition) is 3. The van der Waals surface area contributed by atoms with Gasteiger partial charge >= 0.3 is 5.97 Å². The summed E-state index contributed by atoms with van der Waals surface area (Å²) in [7, 11) is 0. The Morgan fingerprint density at radius 3 is 2.55 bits per heavy atom. The molecular formula is C8H14O3. The zero-order chi connectivity index (χ0) is 8.43. The molecule has 0 amide bonds. The molecule has 1 saturated heterocycles. The van der Waals surface area contributed by atoms with E-state index in [0.717, 1.165) is 6.42 Å². The molecule has 0 bridgehead atoms. The van der Waals surface area contributed by atoms with Gasteiger partial charge in [0.15, 0.2) is 6.10 Å². The lowest BCUT2D eigenvalue weighted by Gasteiger charge is -2.07. The van der Waals surface area contributed by atoms with Crippen LogP contribution in [-0.2, 0) is 14.3 Å². The number of rotatable bonds is 2. The highest BCUT2D eigenvalue weighted by atomic mass is 16.7. The molecule has 3 nitrogen and oxygen atoms in total. The Kier molecular flexibility index (Phi) is 2.49. The number of esters is 1. The van der Waals surface area contributed by atoms with E-state index < -0.39 is 0 Å². The summed E-state index contributed by atoms with van der Waals surface area (Å²) in [6, 6.07) is 0. The van der Waals surface area contributed by atoms with Crippen molar-refractivity contribution in [2.24, 2.45) is 5.92 Å². The summed E-state index contributed by atoms with van der Waals surface area (Å²) in [5.41, 5.74) is 0. The van der Waals surface area contributed by atoms with Gasteiger partial charge in [-0.05, 0) is 19.3 Å². The largest absolute Gasteiger partial charge is 0.434 e. The Hall–Kier alpha value is -0.570. The van der Waals surface area contributed by atoms with E-state index in [1.165, 1.54) is 0 Å². The lowest BCUT2D eigenvalue weighted by Crippen LogP contribution is -2.18. The van der Waals surface area contributed by atoms with E-state index in [4.69, 9.17) is 9.47 Å². The summed E-state index contributed by atoms with van der Waals surface area (Å²) in [4.78, 5) is 11.0. The molecular weight excluding hydrogens is 144 g/mol. The minimum atomic E-state index is -0.355. The SMILES string of the molecule is CC(C)C[C@@H]1OC(C)OC1=O. The van der Waals surface area contributed by atoms with Gasteiger partial charge in [-0.1, -0.05) is 13.8 Å². The van der Waals surface area contributed by atoms with Gasteiger partial charge in [-0.15, -0.1) is 0 Å². The first-order chi connectivity index (χ1) is 5.09. The fourth-order valence-corrected chi connectivity index (χ4v) is 1.13. The van der Waals surface area contributed by atoms with Crippen molar-refractivity contribution in [3.8, 4) is 0 Å². The third kappa shape index (κ3) is 2.19. The standard InChI is InChI=1S/C8H14O3/c1-5(2)4-7-8(9)11-6(3)10-7/h5-7H,4H2,1-3H3/t6?,7-/m0/s1. The van der Waals surface area contributed by atoms with E-state index in [9.17, 15) is 4.79 Å². The van der Waals surface area contributed by atoms with Crippen molar-refractivity contribution >= 4 is 5.97 Å². The van der Waals surface area contributed by atoms with Gasteiger partial charge in [0, 0.05) is 0 Å². The van der Waals surface area contributed by atoms with Gasteiger partial charge < -0.3 is 9.47 Å². The Balaban J connectivity index is 2.41. The molecule has 0 saturated carbocycles. The first-order valence-electron chi connectivity index (χ1n) is 3.95. The molecule has 0 radical (unpaired) electrons. The fraction of sp³-hybridized carbons (Fsp3) is 0.875. The first kappa shape index (κ1) is 8.53. The van der Waals surface area contributed by atoms with Gasteiger partial charge in [0.05, 0.1) is 0 Å². The first-order valence-corrected chi connectivity index (χ1v) is 3.95. The molecule has 0 aromatic rings. The number of ether oxygens (including phenoxy) is 2. The second kappa shape index (κ2) is 3.22. The van der Waals surface area contributed by atoms with Gasteiger partial charge in [-0.25, -0.2) is 4.79 Å². The van der Waals surface area contributed by atoms with Crippen LogP contribution in [0.3, 0.4) is 0 Å². The molecule has 0 N–H and O–H groups in total. The second-order valence-corrected chi connectivity index (χ2v) is 3.26. The maximum absolute atomic E-state index is 11.0. The van der Waals surface area contributed by atoms with Crippen LogP contribution in [0.25, 0.3) is 0 Å². The van der Waals surface area contributed by atoms with Crippen LogP contribution in [0.5, 0.6) is 0 Å². The number of carbonyl (C=O) groups is 1. The monoisotopic (exact) mass is 158 g/mol. The van der Waals surface area contributed by atoms with Crippen molar-refractivity contribution in [3.63, 3.8) is 0 Å². The number of hydrogen-bond donors (Lipinski definition) is 0. The van der Waals surface area contributed by atoms with Crippen molar-refractivity contribution in [2.75, 3.05) is 0 Å². The zero-order valence-electron chi connectivity index (χ0n) is 7.16. The van der Waals surface area contributed by atoms with Crippen LogP contribution in [0.1, 0.15) is 27.2 Å². The molecule has 1 heterocycles. The van der Waals surface area contributed by atoms with Crippen molar-refractivity contribution in [2.45, 2.75) is 39.6 Å². The molecule has 11 heavy (non-hydrogen) atoms. The third-order valence-corrected chi connectivity index (χ3v) is 1.59. The van der Waals surface area contributed by atoms with Gasteiger partial charge in [0.25, 0.3) is 0 Å². The highest BCUT2D eigenvalue weighted by molar-refractivity contribution is 5.76. The second-order valence-electron chi connectivity index (χ2n) is 3.26. The molecule has 64 valence electrons. The van der Waals surface area contributed by atoms with Crippen molar-refractivity contribution < 1.29 is 14.3 Å². The fourth-order valence-electron chi connectivity index (χ4n) is 1.13. The Bertz CT molecular complexity index is 153. The molecule has 0 aromatic carbocycles. The van der Waals surface area contributed by atoms with Gasteiger partial charge in [-0.2, -0.15) is 0 Å². The minimum Gasteiger partial charge on any atom is -0.434 e. The van der Waals surface area contributed by atoms with Crippen LogP contribution < -0.4 is 0 Å². The van der Waals surface area contributed by atoms with Gasteiger partial charge in [0.2, 0.25) is 6.29 Å². The molecule has 3 heteroatoms. The Morgan fingerprint density at radius 2 is 2.18 bits per heavy atom. The third-order valence-electron chi connectivity index (χ3n) is 1.59. The summed E-state index contributed by atoms with van der Waals surface area (Å²) in [6.07, 6.45) is 0.0691. The van der Waals surface area contributed by atoms with E-state index in [1.807, 2.05) is 0 Å². The topological polar surface area (TPSA) is 35.5 Å². The van der Waals surface area contributed by atoms with Gasteiger partial charge in [0.1, 0.15) is 0 Å². The summed E-state index contributed by atoms with van der Waals surface area (Å²) < 4.78 is 10.0. The van der Waals surface area contributed by atoms with Crippen LogP contribution in [0.15, 0.2) is 0 Å². The molecule has 0 aliphatic carbocycles. The normalized spacial score (nSPS) is 31.1. The zero-order valence-corrected chi connectivity index (χ0v) is 7.16. The quantitative estimate of drug-likeness (QED) is 0.568. The highest BCUT2D eigenvalue weighted by Gasteiger charge is 2.32. The lowest BCUT2D eigenvalue weighted by atomic mass is 10.1. The van der Waals surface area contributed by atoms with Crippen LogP contribution in [0.4, 0.5) is 0 Å². The number of cyclic esters (lactones) is 1. The van der Waals surface area contributed by atoms with Crippen molar-refractivity contribution in [3.05, 3.63) is 0 Å². The summed E-state index contributed by atoms with van der Waals surface area (Å²) >= 11 is 0. The molecule has 0 spiro atoms. The Labute approximate surface area is 66.7 Å². The van der Waals surface area contributed by atoms with E-state index in [0.29, 0.717) is 5.92 Å². The van der Waals surface area contributed by atoms with Crippen LogP contribution in [-0.4, -0.2) is 18.4 Å². The van der Waals surface area contributed by atoms with E-state index in [1.54, 1.807) is 6.92 Å². The molecule has 0 aromatic heterocycles. The molecule has 1 unspecified atom stereocenters. The van der Waals surface area contributed by atoms with Crippen LogP contribution in [0, 0.1) is 5.92 Å². The van der Waals surface area contributed by atoms with E-state index in [-0.39, 0.29) is 18.4 Å². The van der Waals surface area contributed by atoms with E-state index in [2.05, 4.69) is 13.8 Å². The van der Waals surface area contributed by atoms with Gasteiger partial charge in [-0.3, -0.25) is 0 Å². The maximum Gasteiger partial charge on any atom is 0.337 e. The summed E-state index contributed by atoms with van der Waals surface area (Å²) in [6.45, 7) is 5.84. The highest BCUT2D eigenvalue weighted by Crippen LogP contribution is 2.18. The lowest BCUT2D eigenvalue weighted by molar-refractivity contribution is -0.142. The predicted octanol–water partition coefficient (Wildman–Crippen LogP) is 1.32. The molecule has 2 atom stereocenters. The van der Waals surface area contributed by atoms with E-state index >= 15 is 0 Å². The summed E-state index contributed by atoms with van der Waals surface area (Å²) in [5, 5.41) is 0. The molecule has 1 fully saturated rings. The smallest absolute Gasteiger partial charge is 0.337 e. The maximum atomic E-state index is 11.0. The van der Waals surface area contributed by atoms with Crippen LogP contribution in [0.2, 0.25) is 0 Å². The molecule has 1 aliphatic rings. The molecule has 1 rings (SSSR count). The summed E-state index contributed by atoms with van der Waals surface area (Å²) in [5.74, 6) is 0.254. The minimum absolute atomic E-state index is 0.216. The average Bonchev–Trinajstić information content (AvgIpc) is 2.09. The number of carbonyl (C=O) groups excluding carboxylic acids is 1. The van der Waals surface area contributed by atoms with Crippen molar-refractivity contribution in [1.82, 2.24) is 0 Å².